The molecule has 0 saturated carbocycles. The smallest absolute Gasteiger partial charge is 0.00122 e. The van der Waals surface area contributed by atoms with E-state index in [2.05, 4.69) is 38.0 Å². The summed E-state index contributed by atoms with van der Waals surface area (Å²) < 4.78 is 0. The Morgan fingerprint density at radius 3 is 1.45 bits per heavy atom. The van der Waals surface area contributed by atoms with Gasteiger partial charge in [0.05, 0.1) is 0 Å². The minimum Gasteiger partial charge on any atom is -0.309 e. The van der Waals surface area contributed by atoms with Gasteiger partial charge in [-0.05, 0) is 40.5 Å². The summed E-state index contributed by atoms with van der Waals surface area (Å²) in [5.41, 5.74) is 0. The Labute approximate surface area is 72.7 Å². The SMILES string of the molecule is CN(C)CCPCCN(C)C. The van der Waals surface area contributed by atoms with Crippen LogP contribution in [0.4, 0.5) is 0 Å². The van der Waals surface area contributed by atoms with E-state index in [0.717, 1.165) is 8.58 Å². The van der Waals surface area contributed by atoms with E-state index >= 15 is 0 Å². The summed E-state index contributed by atoms with van der Waals surface area (Å²) in [5.74, 6) is 0. The molecule has 0 amide bonds. The summed E-state index contributed by atoms with van der Waals surface area (Å²) in [7, 11) is 9.68. The molecule has 2 nitrogen and oxygen atoms in total. The summed E-state index contributed by atoms with van der Waals surface area (Å²) in [6.45, 7) is 2.48. The van der Waals surface area contributed by atoms with E-state index in [4.69, 9.17) is 0 Å². The van der Waals surface area contributed by atoms with Gasteiger partial charge < -0.3 is 9.80 Å². The van der Waals surface area contributed by atoms with Gasteiger partial charge in [-0.1, -0.05) is 0 Å². The van der Waals surface area contributed by atoms with Crippen LogP contribution in [0.2, 0.25) is 0 Å². The molecule has 0 radical (unpaired) electrons. The fourth-order valence-corrected chi connectivity index (χ4v) is 2.19. The van der Waals surface area contributed by atoms with E-state index in [-0.39, 0.29) is 0 Å². The van der Waals surface area contributed by atoms with Gasteiger partial charge in [-0.2, -0.15) is 0 Å². The first kappa shape index (κ1) is 11.4. The average molecular weight is 176 g/mol. The van der Waals surface area contributed by atoms with Gasteiger partial charge >= 0.3 is 0 Å². The van der Waals surface area contributed by atoms with Gasteiger partial charge in [0.15, 0.2) is 0 Å². The predicted octanol–water partition coefficient (Wildman–Crippen LogP) is 0.788. The summed E-state index contributed by atoms with van der Waals surface area (Å²) in [5, 5.41) is 0. The van der Waals surface area contributed by atoms with Gasteiger partial charge in [-0.3, -0.25) is 0 Å². The molecule has 0 bridgehead atoms. The van der Waals surface area contributed by atoms with E-state index in [1.54, 1.807) is 0 Å². The maximum absolute atomic E-state index is 2.25. The lowest BCUT2D eigenvalue weighted by Gasteiger charge is -2.11. The lowest BCUT2D eigenvalue weighted by atomic mass is 10.7. The van der Waals surface area contributed by atoms with Crippen LogP contribution in [0, 0.1) is 0 Å². The van der Waals surface area contributed by atoms with Crippen LogP contribution >= 0.6 is 8.58 Å². The summed E-state index contributed by atoms with van der Waals surface area (Å²) in [4.78, 5) is 4.51. The maximum atomic E-state index is 2.25. The largest absolute Gasteiger partial charge is 0.309 e. The highest BCUT2D eigenvalue weighted by Crippen LogP contribution is 2.07. The first-order valence-corrected chi connectivity index (χ1v) is 5.54. The Morgan fingerprint density at radius 1 is 0.818 bits per heavy atom. The number of hydrogen-bond acceptors (Lipinski definition) is 2. The van der Waals surface area contributed by atoms with Crippen LogP contribution < -0.4 is 0 Å². The van der Waals surface area contributed by atoms with Crippen LogP contribution in [0.1, 0.15) is 0 Å². The molecule has 0 heterocycles. The summed E-state index contributed by atoms with van der Waals surface area (Å²) >= 11 is 0. The highest BCUT2D eigenvalue weighted by atomic mass is 31.1. The second kappa shape index (κ2) is 7.02. The van der Waals surface area contributed by atoms with Crippen molar-refractivity contribution in [2.24, 2.45) is 0 Å². The minimum absolute atomic E-state index is 1.13. The molecule has 0 aliphatic carbocycles. The lowest BCUT2D eigenvalue weighted by Crippen LogP contribution is -2.17. The third-order valence-electron chi connectivity index (χ3n) is 1.47. The second-order valence-electron chi connectivity index (χ2n) is 3.36. The quantitative estimate of drug-likeness (QED) is 0.436. The monoisotopic (exact) mass is 176 g/mol. The second-order valence-corrected chi connectivity index (χ2v) is 4.86. The molecule has 0 atom stereocenters. The zero-order chi connectivity index (χ0) is 8.69. The van der Waals surface area contributed by atoms with E-state index in [0.29, 0.717) is 0 Å². The van der Waals surface area contributed by atoms with Gasteiger partial charge in [0.25, 0.3) is 0 Å². The summed E-state index contributed by atoms with van der Waals surface area (Å²) in [6.07, 6.45) is 2.72. The predicted molar refractivity (Wildman–Crippen MR) is 55.2 cm³/mol. The number of rotatable bonds is 6. The average Bonchev–Trinajstić information content (AvgIpc) is 1.85. The van der Waals surface area contributed by atoms with Crippen LogP contribution in [0.15, 0.2) is 0 Å². The Balaban J connectivity index is 2.91. The molecule has 0 rings (SSSR count). The molecular weight excluding hydrogens is 155 g/mol. The van der Waals surface area contributed by atoms with Crippen LogP contribution in [0.3, 0.4) is 0 Å². The molecule has 0 spiro atoms. The first-order valence-electron chi connectivity index (χ1n) is 4.13. The molecule has 0 aromatic rings. The van der Waals surface area contributed by atoms with E-state index < -0.39 is 0 Å². The van der Waals surface area contributed by atoms with Crippen LogP contribution in [0.5, 0.6) is 0 Å². The Hall–Kier alpha value is 0.350. The van der Waals surface area contributed by atoms with Crippen LogP contribution in [-0.4, -0.2) is 63.4 Å². The van der Waals surface area contributed by atoms with Crippen molar-refractivity contribution >= 4 is 8.58 Å². The molecular formula is C8H21N2P. The van der Waals surface area contributed by atoms with E-state index in [1.807, 2.05) is 0 Å². The summed E-state index contributed by atoms with van der Waals surface area (Å²) in [6, 6.07) is 0. The number of hydrogen-bond donors (Lipinski definition) is 0. The molecule has 0 fully saturated rings. The van der Waals surface area contributed by atoms with Crippen molar-refractivity contribution in [1.29, 1.82) is 0 Å². The van der Waals surface area contributed by atoms with E-state index in [9.17, 15) is 0 Å². The molecule has 0 unspecified atom stereocenters. The van der Waals surface area contributed by atoms with Crippen molar-refractivity contribution in [1.82, 2.24) is 9.80 Å². The molecule has 0 aliphatic heterocycles. The van der Waals surface area contributed by atoms with Crippen molar-refractivity contribution in [3.05, 3.63) is 0 Å². The zero-order valence-electron chi connectivity index (χ0n) is 8.22. The normalized spacial score (nSPS) is 11.5. The van der Waals surface area contributed by atoms with Crippen molar-refractivity contribution in [2.45, 2.75) is 0 Å². The zero-order valence-corrected chi connectivity index (χ0v) is 9.22. The van der Waals surface area contributed by atoms with Gasteiger partial charge in [0.1, 0.15) is 0 Å². The van der Waals surface area contributed by atoms with Gasteiger partial charge in [-0.15, -0.1) is 8.58 Å². The Morgan fingerprint density at radius 2 is 1.18 bits per heavy atom. The fraction of sp³-hybridized carbons (Fsp3) is 1.00. The third kappa shape index (κ3) is 10.4. The standard InChI is InChI=1S/C8H21N2P/c1-9(2)5-7-11-8-6-10(3)4/h11H,5-8H2,1-4H3. The lowest BCUT2D eigenvalue weighted by molar-refractivity contribution is 0.431. The highest BCUT2D eigenvalue weighted by molar-refractivity contribution is 7.38. The molecule has 3 heteroatoms. The molecule has 68 valence electrons. The first-order chi connectivity index (χ1) is 5.13. The van der Waals surface area contributed by atoms with Gasteiger partial charge in [0, 0.05) is 13.1 Å². The van der Waals surface area contributed by atoms with Gasteiger partial charge in [-0.25, -0.2) is 0 Å². The molecule has 0 aromatic heterocycles. The van der Waals surface area contributed by atoms with Crippen LogP contribution in [-0.2, 0) is 0 Å². The molecule has 0 saturated heterocycles. The van der Waals surface area contributed by atoms with Crippen molar-refractivity contribution in [3.8, 4) is 0 Å². The number of nitrogens with zero attached hydrogens (tertiary/aromatic N) is 2. The molecule has 0 aliphatic rings. The maximum Gasteiger partial charge on any atom is 0.00122 e. The molecule has 0 aromatic carbocycles. The fourth-order valence-electron chi connectivity index (χ4n) is 0.730. The minimum atomic E-state index is 1.13. The van der Waals surface area contributed by atoms with Crippen molar-refractivity contribution in [2.75, 3.05) is 53.6 Å². The van der Waals surface area contributed by atoms with Gasteiger partial charge in [0.2, 0.25) is 0 Å². The van der Waals surface area contributed by atoms with Crippen molar-refractivity contribution < 1.29 is 0 Å². The van der Waals surface area contributed by atoms with Crippen LogP contribution in [0.25, 0.3) is 0 Å². The highest BCUT2D eigenvalue weighted by Gasteiger charge is 1.92. The third-order valence-corrected chi connectivity index (χ3v) is 2.63. The van der Waals surface area contributed by atoms with E-state index in [1.165, 1.54) is 25.4 Å². The Bertz CT molecular complexity index is 74.2. The topological polar surface area (TPSA) is 6.48 Å². The molecule has 11 heavy (non-hydrogen) atoms. The molecule has 0 N–H and O–H groups in total. The van der Waals surface area contributed by atoms with Crippen molar-refractivity contribution in [3.63, 3.8) is 0 Å². The Kier molecular flexibility index (Phi) is 7.25.